The van der Waals surface area contributed by atoms with Crippen LogP contribution in [0.3, 0.4) is 0 Å². The Hall–Kier alpha value is -0.0900. The Morgan fingerprint density at radius 3 is 2.53 bits per heavy atom. The van der Waals surface area contributed by atoms with Crippen molar-refractivity contribution in [2.75, 3.05) is 26.7 Å². The summed E-state index contributed by atoms with van der Waals surface area (Å²) in [5, 5.41) is 0. The van der Waals surface area contributed by atoms with Gasteiger partial charge in [-0.1, -0.05) is 15.9 Å². The number of nitrogens with zero attached hydrogens (tertiary/aromatic N) is 2. The molecule has 1 unspecified atom stereocenters. The van der Waals surface area contributed by atoms with Gasteiger partial charge < -0.3 is 9.80 Å². The zero-order valence-corrected chi connectivity index (χ0v) is 11.7. The Labute approximate surface area is 101 Å². The van der Waals surface area contributed by atoms with E-state index in [1.807, 2.05) is 18.7 Å². The molecule has 0 aliphatic carbocycles. The van der Waals surface area contributed by atoms with Crippen molar-refractivity contribution in [3.05, 3.63) is 0 Å². The van der Waals surface area contributed by atoms with E-state index >= 15 is 0 Å². The topological polar surface area (TPSA) is 23.6 Å². The van der Waals surface area contributed by atoms with Crippen LogP contribution in [0.5, 0.6) is 0 Å². The van der Waals surface area contributed by atoms with Crippen LogP contribution in [0.4, 0.5) is 0 Å². The molecule has 0 aromatic heterocycles. The van der Waals surface area contributed by atoms with Crippen LogP contribution in [0.25, 0.3) is 0 Å². The normalized spacial score (nSPS) is 25.1. The van der Waals surface area contributed by atoms with Crippen molar-refractivity contribution in [1.82, 2.24) is 9.80 Å². The summed E-state index contributed by atoms with van der Waals surface area (Å²) in [5.74, 6) is 0.199. The van der Waals surface area contributed by atoms with E-state index in [-0.39, 0.29) is 5.91 Å². The van der Waals surface area contributed by atoms with Crippen LogP contribution in [0.1, 0.15) is 27.2 Å². The third-order valence-electron chi connectivity index (χ3n) is 2.82. The highest BCUT2D eigenvalue weighted by atomic mass is 79.9. The van der Waals surface area contributed by atoms with Gasteiger partial charge in [0, 0.05) is 19.1 Å². The predicted molar refractivity (Wildman–Crippen MR) is 66.3 cm³/mol. The van der Waals surface area contributed by atoms with Gasteiger partial charge >= 0.3 is 0 Å². The maximum atomic E-state index is 12.2. The maximum Gasteiger partial charge on any atom is 0.239 e. The van der Waals surface area contributed by atoms with Gasteiger partial charge in [-0.3, -0.25) is 4.79 Å². The molecule has 1 amide bonds. The van der Waals surface area contributed by atoms with Crippen molar-refractivity contribution in [3.63, 3.8) is 0 Å². The van der Waals surface area contributed by atoms with Crippen molar-refractivity contribution in [1.29, 1.82) is 0 Å². The maximum absolute atomic E-state index is 12.2. The number of amides is 1. The van der Waals surface area contributed by atoms with E-state index in [0.717, 1.165) is 26.1 Å². The van der Waals surface area contributed by atoms with Crippen molar-refractivity contribution in [2.24, 2.45) is 0 Å². The fourth-order valence-electron chi connectivity index (χ4n) is 2.02. The molecule has 1 aliphatic heterocycles. The van der Waals surface area contributed by atoms with Gasteiger partial charge in [0.2, 0.25) is 5.91 Å². The number of rotatable bonds is 1. The molecule has 15 heavy (non-hydrogen) atoms. The van der Waals surface area contributed by atoms with Gasteiger partial charge in [0.05, 0.1) is 4.32 Å². The highest BCUT2D eigenvalue weighted by molar-refractivity contribution is 9.10. The molecule has 0 aromatic rings. The van der Waals surface area contributed by atoms with E-state index in [0.29, 0.717) is 6.04 Å². The molecule has 0 radical (unpaired) electrons. The van der Waals surface area contributed by atoms with Crippen LogP contribution in [-0.2, 0) is 4.79 Å². The van der Waals surface area contributed by atoms with Crippen LogP contribution < -0.4 is 0 Å². The monoisotopic (exact) mass is 276 g/mol. The second-order valence-electron chi connectivity index (χ2n) is 4.94. The summed E-state index contributed by atoms with van der Waals surface area (Å²) >= 11 is 3.44. The van der Waals surface area contributed by atoms with Crippen LogP contribution in [-0.4, -0.2) is 52.8 Å². The van der Waals surface area contributed by atoms with Gasteiger partial charge in [0.1, 0.15) is 0 Å². The minimum absolute atomic E-state index is 0.199. The molecule has 0 bridgehead atoms. The van der Waals surface area contributed by atoms with Gasteiger partial charge in [0.25, 0.3) is 0 Å². The summed E-state index contributed by atoms with van der Waals surface area (Å²) in [6, 6.07) is 0.307. The first kappa shape index (κ1) is 13.0. The Bertz CT molecular complexity index is 237. The molecule has 88 valence electrons. The molecular formula is C11H21BrN2O. The van der Waals surface area contributed by atoms with Crippen LogP contribution in [0, 0.1) is 0 Å². The van der Waals surface area contributed by atoms with E-state index in [2.05, 4.69) is 34.8 Å². The summed E-state index contributed by atoms with van der Waals surface area (Å²) in [4.78, 5) is 16.4. The van der Waals surface area contributed by atoms with E-state index in [1.54, 1.807) is 0 Å². The molecule has 0 N–H and O–H groups in total. The van der Waals surface area contributed by atoms with Crippen molar-refractivity contribution in [3.8, 4) is 0 Å². The fraction of sp³-hybridized carbons (Fsp3) is 0.909. The number of carbonyl (C=O) groups excluding carboxylic acids is 1. The van der Waals surface area contributed by atoms with Gasteiger partial charge in [-0.25, -0.2) is 0 Å². The van der Waals surface area contributed by atoms with Gasteiger partial charge in [0.15, 0.2) is 0 Å². The third-order valence-corrected chi connectivity index (χ3v) is 3.16. The van der Waals surface area contributed by atoms with Gasteiger partial charge in [-0.15, -0.1) is 0 Å². The lowest BCUT2D eigenvalue weighted by atomic mass is 10.1. The highest BCUT2D eigenvalue weighted by Crippen LogP contribution is 2.22. The zero-order chi connectivity index (χ0) is 11.6. The van der Waals surface area contributed by atoms with Crippen LogP contribution in [0.15, 0.2) is 0 Å². The van der Waals surface area contributed by atoms with E-state index in [1.165, 1.54) is 0 Å². The minimum Gasteiger partial charge on any atom is -0.337 e. The van der Waals surface area contributed by atoms with Crippen molar-refractivity contribution in [2.45, 2.75) is 37.6 Å². The Kier molecular flexibility index (Phi) is 4.18. The smallest absolute Gasteiger partial charge is 0.239 e. The Morgan fingerprint density at radius 1 is 1.40 bits per heavy atom. The Balaban J connectivity index is 2.72. The first-order valence-corrected chi connectivity index (χ1v) is 6.30. The van der Waals surface area contributed by atoms with Crippen LogP contribution >= 0.6 is 15.9 Å². The molecule has 1 rings (SSSR count). The summed E-state index contributed by atoms with van der Waals surface area (Å²) in [6.07, 6.45) is 1.07. The quantitative estimate of drug-likeness (QED) is 0.681. The predicted octanol–water partition coefficient (Wildman–Crippen LogP) is 1.71. The summed E-state index contributed by atoms with van der Waals surface area (Å²) in [5.41, 5.74) is 0. The first-order chi connectivity index (χ1) is 6.82. The molecule has 0 aromatic carbocycles. The second-order valence-corrected chi connectivity index (χ2v) is 6.92. The van der Waals surface area contributed by atoms with Gasteiger partial charge in [-0.05, 0) is 40.8 Å². The second kappa shape index (κ2) is 4.83. The average molecular weight is 277 g/mol. The van der Waals surface area contributed by atoms with E-state index in [4.69, 9.17) is 0 Å². The largest absolute Gasteiger partial charge is 0.337 e. The minimum atomic E-state index is -0.440. The number of halogens is 1. The average Bonchev–Trinajstić information content (AvgIpc) is 2.23. The number of likely N-dealkylation sites (N-methyl/N-ethyl adjacent to an activating group) is 1. The number of alkyl halides is 1. The molecule has 1 atom stereocenters. The standard InChI is InChI=1S/C11H21BrN2O/c1-9-8-13(4)6-5-7-14(9)10(15)11(2,3)12/h9H,5-8H2,1-4H3. The molecule has 0 spiro atoms. The van der Waals surface area contributed by atoms with Crippen LogP contribution in [0.2, 0.25) is 0 Å². The lowest BCUT2D eigenvalue weighted by molar-refractivity contribution is -0.134. The highest BCUT2D eigenvalue weighted by Gasteiger charge is 2.32. The van der Waals surface area contributed by atoms with E-state index < -0.39 is 4.32 Å². The lowest BCUT2D eigenvalue weighted by Gasteiger charge is -2.32. The van der Waals surface area contributed by atoms with Gasteiger partial charge in [-0.2, -0.15) is 0 Å². The summed E-state index contributed by atoms with van der Waals surface area (Å²) < 4.78 is -0.440. The molecule has 1 saturated heterocycles. The molecule has 0 saturated carbocycles. The molecule has 1 fully saturated rings. The molecular weight excluding hydrogens is 256 g/mol. The summed E-state index contributed by atoms with van der Waals surface area (Å²) in [6.45, 7) is 8.87. The lowest BCUT2D eigenvalue weighted by Crippen LogP contribution is -2.48. The number of hydrogen-bond acceptors (Lipinski definition) is 2. The summed E-state index contributed by atoms with van der Waals surface area (Å²) in [7, 11) is 2.11. The Morgan fingerprint density at radius 2 is 2.00 bits per heavy atom. The van der Waals surface area contributed by atoms with Crippen molar-refractivity contribution < 1.29 is 4.79 Å². The molecule has 4 heteroatoms. The fourth-order valence-corrected chi connectivity index (χ4v) is 2.24. The zero-order valence-electron chi connectivity index (χ0n) is 10.1. The first-order valence-electron chi connectivity index (χ1n) is 5.51. The number of hydrogen-bond donors (Lipinski definition) is 0. The van der Waals surface area contributed by atoms with Crippen molar-refractivity contribution >= 4 is 21.8 Å². The van der Waals surface area contributed by atoms with E-state index in [9.17, 15) is 4.79 Å². The molecule has 3 nitrogen and oxygen atoms in total. The molecule has 1 aliphatic rings. The third kappa shape index (κ3) is 3.45. The molecule has 1 heterocycles. The SMILES string of the molecule is CC1CN(C)CCCN1C(=O)C(C)(C)Br. The number of carbonyl (C=O) groups is 1.